The first-order chi connectivity index (χ1) is 13.7. The SMILES string of the molecule is CCNCCNc1ncc2cc(-c3nc4sc3-c3ccnc-4c3)c(=O)[nH]c2n1. The van der Waals surface area contributed by atoms with E-state index in [1.54, 1.807) is 29.8 Å². The molecule has 4 aromatic rings. The molecule has 140 valence electrons. The Morgan fingerprint density at radius 2 is 2.11 bits per heavy atom. The number of hydrogen-bond acceptors (Lipinski definition) is 8. The molecule has 9 heteroatoms. The molecule has 5 rings (SSSR count). The van der Waals surface area contributed by atoms with Gasteiger partial charge in [0.2, 0.25) is 5.95 Å². The number of rotatable bonds is 6. The lowest BCUT2D eigenvalue weighted by Crippen LogP contribution is -2.22. The van der Waals surface area contributed by atoms with Crippen molar-refractivity contribution in [2.75, 3.05) is 25.0 Å². The van der Waals surface area contributed by atoms with Crippen LogP contribution in [0.1, 0.15) is 6.92 Å². The highest BCUT2D eigenvalue weighted by molar-refractivity contribution is 7.19. The number of H-pyrrole nitrogens is 1. The van der Waals surface area contributed by atoms with Gasteiger partial charge in [-0.05, 0) is 30.3 Å². The van der Waals surface area contributed by atoms with Crippen molar-refractivity contribution >= 4 is 28.3 Å². The van der Waals surface area contributed by atoms with Crippen molar-refractivity contribution in [3.05, 3.63) is 40.9 Å². The molecule has 5 heterocycles. The minimum atomic E-state index is -0.217. The fourth-order valence-electron chi connectivity index (χ4n) is 3.19. The monoisotopic (exact) mass is 391 g/mol. The smallest absolute Gasteiger partial charge is 0.259 e. The highest BCUT2D eigenvalue weighted by atomic mass is 32.1. The van der Waals surface area contributed by atoms with E-state index >= 15 is 0 Å². The van der Waals surface area contributed by atoms with Crippen LogP contribution in [0.25, 0.3) is 43.4 Å². The Balaban J connectivity index is 1.52. The van der Waals surface area contributed by atoms with Gasteiger partial charge in [-0.1, -0.05) is 6.92 Å². The van der Waals surface area contributed by atoms with E-state index in [4.69, 9.17) is 0 Å². The molecule has 0 saturated carbocycles. The molecule has 4 aromatic heterocycles. The first kappa shape index (κ1) is 17.0. The van der Waals surface area contributed by atoms with Gasteiger partial charge in [-0.15, -0.1) is 11.3 Å². The van der Waals surface area contributed by atoms with Crippen molar-refractivity contribution in [1.82, 2.24) is 30.2 Å². The number of nitrogens with one attached hydrogen (secondary N) is 3. The lowest BCUT2D eigenvalue weighted by Gasteiger charge is -2.07. The van der Waals surface area contributed by atoms with Crippen molar-refractivity contribution in [1.29, 1.82) is 0 Å². The Kier molecular flexibility index (Phi) is 4.10. The summed E-state index contributed by atoms with van der Waals surface area (Å²) in [5, 5.41) is 7.96. The first-order valence-electron chi connectivity index (χ1n) is 9.05. The van der Waals surface area contributed by atoms with Gasteiger partial charge in [0.25, 0.3) is 5.56 Å². The molecule has 0 amide bonds. The predicted molar refractivity (Wildman–Crippen MR) is 111 cm³/mol. The van der Waals surface area contributed by atoms with Gasteiger partial charge in [0.1, 0.15) is 10.7 Å². The van der Waals surface area contributed by atoms with Crippen LogP contribution in [0.2, 0.25) is 0 Å². The number of aromatic amines is 1. The zero-order chi connectivity index (χ0) is 19.1. The second-order valence-corrected chi connectivity index (χ2v) is 7.42. The number of thiazole rings is 1. The molecule has 0 unspecified atom stereocenters. The van der Waals surface area contributed by atoms with Gasteiger partial charge in [0.15, 0.2) is 0 Å². The van der Waals surface area contributed by atoms with Crippen LogP contribution in [0.15, 0.2) is 35.4 Å². The zero-order valence-corrected chi connectivity index (χ0v) is 15.9. The highest BCUT2D eigenvalue weighted by Gasteiger charge is 2.23. The minimum Gasteiger partial charge on any atom is -0.353 e. The maximum Gasteiger partial charge on any atom is 0.259 e. The fourth-order valence-corrected chi connectivity index (χ4v) is 4.23. The topological polar surface area (TPSA) is 108 Å². The van der Waals surface area contributed by atoms with Crippen LogP contribution in [-0.2, 0) is 0 Å². The third kappa shape index (κ3) is 2.85. The molecule has 3 N–H and O–H groups in total. The van der Waals surface area contributed by atoms with Crippen molar-refractivity contribution in [2.45, 2.75) is 6.92 Å². The van der Waals surface area contributed by atoms with Crippen molar-refractivity contribution < 1.29 is 0 Å². The van der Waals surface area contributed by atoms with Crippen LogP contribution < -0.4 is 16.2 Å². The van der Waals surface area contributed by atoms with Crippen molar-refractivity contribution in [2.24, 2.45) is 0 Å². The van der Waals surface area contributed by atoms with Gasteiger partial charge < -0.3 is 15.6 Å². The summed E-state index contributed by atoms with van der Waals surface area (Å²) in [5.41, 5.74) is 3.36. The van der Waals surface area contributed by atoms with Gasteiger partial charge in [-0.3, -0.25) is 9.78 Å². The number of likely N-dealkylation sites (N-methyl/N-ethyl adjacent to an activating group) is 1. The van der Waals surface area contributed by atoms with E-state index < -0.39 is 0 Å². The van der Waals surface area contributed by atoms with Crippen LogP contribution in [-0.4, -0.2) is 44.6 Å². The number of hydrogen-bond donors (Lipinski definition) is 3. The fraction of sp³-hybridized carbons (Fsp3) is 0.211. The van der Waals surface area contributed by atoms with Crippen LogP contribution in [0.5, 0.6) is 0 Å². The van der Waals surface area contributed by atoms with Gasteiger partial charge in [-0.2, -0.15) is 4.98 Å². The lowest BCUT2D eigenvalue weighted by molar-refractivity contribution is 0.736. The Bertz CT molecular complexity index is 1250. The summed E-state index contributed by atoms with van der Waals surface area (Å²) < 4.78 is 0. The summed E-state index contributed by atoms with van der Waals surface area (Å²) in [6.45, 7) is 4.49. The second-order valence-electron chi connectivity index (χ2n) is 6.42. The molecule has 1 aliphatic heterocycles. The van der Waals surface area contributed by atoms with Gasteiger partial charge in [0, 0.05) is 30.9 Å². The molecule has 0 radical (unpaired) electrons. The van der Waals surface area contributed by atoms with Crippen LogP contribution in [0, 0.1) is 0 Å². The number of fused-ring (bicyclic) bond motifs is 7. The summed E-state index contributed by atoms with van der Waals surface area (Å²) in [5.74, 6) is 0.491. The summed E-state index contributed by atoms with van der Waals surface area (Å²) in [7, 11) is 0. The van der Waals surface area contributed by atoms with Crippen LogP contribution >= 0.6 is 11.3 Å². The molecule has 8 nitrogen and oxygen atoms in total. The lowest BCUT2D eigenvalue weighted by atomic mass is 10.1. The van der Waals surface area contributed by atoms with Crippen LogP contribution in [0.3, 0.4) is 0 Å². The first-order valence-corrected chi connectivity index (χ1v) is 9.87. The van der Waals surface area contributed by atoms with Crippen molar-refractivity contribution in [3.8, 4) is 32.4 Å². The largest absolute Gasteiger partial charge is 0.353 e. The Labute approximate surface area is 164 Å². The number of pyridine rings is 2. The number of aromatic nitrogens is 5. The van der Waals surface area contributed by atoms with Gasteiger partial charge in [0.05, 0.1) is 21.8 Å². The average Bonchev–Trinajstić information content (AvgIpc) is 3.12. The highest BCUT2D eigenvalue weighted by Crippen LogP contribution is 2.43. The molecule has 0 spiro atoms. The molecular weight excluding hydrogens is 374 g/mol. The van der Waals surface area contributed by atoms with E-state index in [2.05, 4.69) is 42.5 Å². The van der Waals surface area contributed by atoms with Gasteiger partial charge >= 0.3 is 0 Å². The Morgan fingerprint density at radius 3 is 3.00 bits per heavy atom. The summed E-state index contributed by atoms with van der Waals surface area (Å²) in [6, 6.07) is 5.74. The molecule has 0 aromatic carbocycles. The average molecular weight is 391 g/mol. The number of anilines is 1. The van der Waals surface area contributed by atoms with Crippen molar-refractivity contribution in [3.63, 3.8) is 0 Å². The maximum atomic E-state index is 12.8. The van der Waals surface area contributed by atoms with E-state index in [1.807, 2.05) is 12.1 Å². The normalized spacial score (nSPS) is 11.8. The molecule has 0 saturated heterocycles. The molecule has 0 atom stereocenters. The van der Waals surface area contributed by atoms with E-state index in [1.165, 1.54) is 0 Å². The summed E-state index contributed by atoms with van der Waals surface area (Å²) in [4.78, 5) is 34.4. The van der Waals surface area contributed by atoms with Gasteiger partial charge in [-0.25, -0.2) is 9.97 Å². The Morgan fingerprint density at radius 1 is 1.18 bits per heavy atom. The quantitative estimate of drug-likeness (QED) is 0.382. The number of nitrogens with zero attached hydrogens (tertiary/aromatic N) is 4. The maximum absolute atomic E-state index is 12.8. The summed E-state index contributed by atoms with van der Waals surface area (Å²) >= 11 is 1.56. The summed E-state index contributed by atoms with van der Waals surface area (Å²) in [6.07, 6.45) is 3.48. The van der Waals surface area contributed by atoms with E-state index in [9.17, 15) is 4.79 Å². The Hall–Kier alpha value is -3.17. The third-order valence-corrected chi connectivity index (χ3v) is 5.68. The molecule has 28 heavy (non-hydrogen) atoms. The van der Waals surface area contributed by atoms with E-state index in [0.29, 0.717) is 29.4 Å². The van der Waals surface area contributed by atoms with E-state index in [0.717, 1.165) is 39.6 Å². The van der Waals surface area contributed by atoms with Crippen LogP contribution in [0.4, 0.5) is 5.95 Å². The third-order valence-electron chi connectivity index (χ3n) is 4.55. The molecule has 0 aliphatic carbocycles. The predicted octanol–water partition coefficient (Wildman–Crippen LogP) is 2.51. The van der Waals surface area contributed by atoms with E-state index in [-0.39, 0.29) is 5.56 Å². The second kappa shape index (κ2) is 6.77. The zero-order valence-electron chi connectivity index (χ0n) is 15.1. The molecule has 4 bridgehead atoms. The minimum absolute atomic E-state index is 0.217. The molecule has 1 aliphatic rings. The molecular formula is C19H17N7OS. The standard InChI is InChI=1S/C19H17N7OS/c1-2-20-5-6-22-19-23-9-11-7-12(17(27)25-16(11)26-19)14-15-10-3-4-21-13(8-10)18(24-14)28-15/h3-4,7-9,20H,2,5-6H2,1H3,(H2,22,23,25,26,27). The molecule has 0 fully saturated rings.